The predicted molar refractivity (Wildman–Crippen MR) is 75.3 cm³/mol. The van der Waals surface area contributed by atoms with E-state index in [4.69, 9.17) is 4.42 Å². The van der Waals surface area contributed by atoms with Crippen molar-refractivity contribution in [2.24, 2.45) is 0 Å². The Morgan fingerprint density at radius 2 is 2.10 bits per heavy atom. The van der Waals surface area contributed by atoms with Crippen LogP contribution in [0.3, 0.4) is 0 Å². The van der Waals surface area contributed by atoms with Crippen LogP contribution in [0.25, 0.3) is 0 Å². The fraction of sp³-hybridized carbons (Fsp3) is 0.154. The van der Waals surface area contributed by atoms with Crippen LogP contribution in [0.2, 0.25) is 0 Å². The molecule has 0 bridgehead atoms. The van der Waals surface area contributed by atoms with Crippen molar-refractivity contribution in [3.8, 4) is 0 Å². The quantitative estimate of drug-likeness (QED) is 0.633. The van der Waals surface area contributed by atoms with Gasteiger partial charge in [-0.1, -0.05) is 18.2 Å². The van der Waals surface area contributed by atoms with Gasteiger partial charge in [-0.25, -0.2) is 0 Å². The first kappa shape index (κ1) is 14.3. The van der Waals surface area contributed by atoms with E-state index < -0.39 is 4.92 Å². The summed E-state index contributed by atoms with van der Waals surface area (Å²) in [7, 11) is 1.56. The number of amides is 1. The summed E-state index contributed by atoms with van der Waals surface area (Å²) in [5.41, 5.74) is 0.460. The Bertz CT molecular complexity index is 653. The van der Waals surface area contributed by atoms with E-state index in [9.17, 15) is 14.9 Å². The third-order valence-corrected chi connectivity index (χ3v) is 3.38. The van der Waals surface area contributed by atoms with E-state index >= 15 is 0 Å². The maximum Gasteiger partial charge on any atom is 0.290 e. The first-order valence-corrected chi connectivity index (χ1v) is 6.50. The van der Waals surface area contributed by atoms with Crippen molar-refractivity contribution in [2.75, 3.05) is 7.05 Å². The largest absolute Gasteiger partial charge is 0.458 e. The van der Waals surface area contributed by atoms with E-state index in [0.717, 1.165) is 0 Å². The van der Waals surface area contributed by atoms with Crippen molar-refractivity contribution in [1.82, 2.24) is 4.90 Å². The van der Waals surface area contributed by atoms with Crippen molar-refractivity contribution >= 4 is 27.5 Å². The van der Waals surface area contributed by atoms with Gasteiger partial charge in [-0.3, -0.25) is 14.9 Å². The molecule has 0 saturated heterocycles. The number of rotatable bonds is 4. The van der Waals surface area contributed by atoms with E-state index in [2.05, 4.69) is 15.9 Å². The highest BCUT2D eigenvalue weighted by Crippen LogP contribution is 2.22. The monoisotopic (exact) mass is 338 g/mol. The Morgan fingerprint density at radius 3 is 2.70 bits per heavy atom. The molecule has 0 unspecified atom stereocenters. The summed E-state index contributed by atoms with van der Waals surface area (Å²) in [5, 5.41) is 10.9. The number of hydrogen-bond acceptors (Lipinski definition) is 4. The SMILES string of the molecule is CN(Cc1ccccc1[N+](=O)[O-])C(=O)c1occc1Br. The number of nitrogens with zero attached hydrogens (tertiary/aromatic N) is 2. The van der Waals surface area contributed by atoms with Gasteiger partial charge in [-0.15, -0.1) is 0 Å². The molecule has 1 aromatic heterocycles. The van der Waals surface area contributed by atoms with Gasteiger partial charge in [0.1, 0.15) is 0 Å². The molecule has 0 N–H and O–H groups in total. The number of nitro groups is 1. The molecule has 0 fully saturated rings. The molecule has 0 radical (unpaired) electrons. The zero-order valence-electron chi connectivity index (χ0n) is 10.6. The van der Waals surface area contributed by atoms with Gasteiger partial charge in [-0.2, -0.15) is 0 Å². The zero-order chi connectivity index (χ0) is 14.7. The summed E-state index contributed by atoms with van der Waals surface area (Å²) in [6, 6.07) is 7.94. The molecule has 2 rings (SSSR count). The Morgan fingerprint density at radius 1 is 1.40 bits per heavy atom. The van der Waals surface area contributed by atoms with Crippen molar-refractivity contribution in [3.05, 3.63) is 62.5 Å². The fourth-order valence-electron chi connectivity index (χ4n) is 1.77. The van der Waals surface area contributed by atoms with Gasteiger partial charge in [0.05, 0.1) is 22.2 Å². The van der Waals surface area contributed by atoms with Crippen LogP contribution in [0, 0.1) is 10.1 Å². The van der Waals surface area contributed by atoms with Crippen molar-refractivity contribution < 1.29 is 14.1 Å². The number of carbonyl (C=O) groups excluding carboxylic acids is 1. The Hall–Kier alpha value is -2.15. The molecule has 7 heteroatoms. The molecule has 2 aromatic rings. The highest BCUT2D eigenvalue weighted by atomic mass is 79.9. The topological polar surface area (TPSA) is 76.6 Å². The molecule has 0 atom stereocenters. The van der Waals surface area contributed by atoms with Gasteiger partial charge in [-0.05, 0) is 22.0 Å². The molecule has 1 aromatic carbocycles. The van der Waals surface area contributed by atoms with Crippen molar-refractivity contribution in [2.45, 2.75) is 6.54 Å². The highest BCUT2D eigenvalue weighted by Gasteiger charge is 2.21. The smallest absolute Gasteiger partial charge is 0.290 e. The average molecular weight is 339 g/mol. The second-order valence-corrected chi connectivity index (χ2v) is 5.00. The maximum absolute atomic E-state index is 12.1. The second kappa shape index (κ2) is 5.87. The lowest BCUT2D eigenvalue weighted by Gasteiger charge is -2.16. The molecule has 0 saturated carbocycles. The van der Waals surface area contributed by atoms with Crippen LogP contribution in [0.15, 0.2) is 45.5 Å². The first-order chi connectivity index (χ1) is 9.50. The van der Waals surface area contributed by atoms with E-state index in [1.165, 1.54) is 17.2 Å². The number of furan rings is 1. The molecule has 0 aliphatic heterocycles. The molecule has 1 amide bonds. The number of hydrogen-bond donors (Lipinski definition) is 0. The minimum atomic E-state index is -0.462. The molecular weight excluding hydrogens is 328 g/mol. The summed E-state index contributed by atoms with van der Waals surface area (Å²) >= 11 is 3.21. The normalized spacial score (nSPS) is 10.3. The van der Waals surface area contributed by atoms with Crippen LogP contribution in [-0.4, -0.2) is 22.8 Å². The number of para-hydroxylation sites is 1. The van der Waals surface area contributed by atoms with Gasteiger partial charge in [0, 0.05) is 18.7 Å². The summed E-state index contributed by atoms with van der Waals surface area (Å²) in [5.74, 6) is -0.175. The molecule has 6 nitrogen and oxygen atoms in total. The third-order valence-electron chi connectivity index (χ3n) is 2.75. The molecule has 20 heavy (non-hydrogen) atoms. The molecular formula is C13H11BrN2O4. The number of benzene rings is 1. The zero-order valence-corrected chi connectivity index (χ0v) is 12.2. The first-order valence-electron chi connectivity index (χ1n) is 5.71. The summed E-state index contributed by atoms with van der Waals surface area (Å²) in [6.07, 6.45) is 1.40. The summed E-state index contributed by atoms with van der Waals surface area (Å²) < 4.78 is 5.64. The average Bonchev–Trinajstić information content (AvgIpc) is 2.84. The van der Waals surface area contributed by atoms with E-state index in [0.29, 0.717) is 10.0 Å². The van der Waals surface area contributed by atoms with Crippen LogP contribution >= 0.6 is 15.9 Å². The lowest BCUT2D eigenvalue weighted by Crippen LogP contribution is -2.26. The van der Waals surface area contributed by atoms with Gasteiger partial charge in [0.25, 0.3) is 11.6 Å². The number of nitro benzene ring substituents is 1. The standard InChI is InChI=1S/C13H11BrN2O4/c1-15(13(17)12-10(14)6-7-20-12)8-9-4-2-3-5-11(9)16(18)19/h2-7H,8H2,1H3. The lowest BCUT2D eigenvalue weighted by atomic mass is 10.1. The number of carbonyl (C=O) groups is 1. The Labute approximate surface area is 123 Å². The van der Waals surface area contributed by atoms with Gasteiger partial charge >= 0.3 is 0 Å². The molecule has 104 valence electrons. The van der Waals surface area contributed by atoms with E-state index in [1.807, 2.05) is 0 Å². The van der Waals surface area contributed by atoms with E-state index in [1.54, 1.807) is 31.3 Å². The minimum absolute atomic E-state index is 0.00865. The molecule has 1 heterocycles. The highest BCUT2D eigenvalue weighted by molar-refractivity contribution is 9.10. The fourth-order valence-corrected chi connectivity index (χ4v) is 2.14. The molecule has 0 aliphatic rings. The molecule has 0 spiro atoms. The van der Waals surface area contributed by atoms with Gasteiger partial charge in [0.15, 0.2) is 0 Å². The van der Waals surface area contributed by atoms with Crippen LogP contribution in [0.5, 0.6) is 0 Å². The van der Waals surface area contributed by atoms with Gasteiger partial charge in [0.2, 0.25) is 5.76 Å². The third kappa shape index (κ3) is 2.88. The second-order valence-electron chi connectivity index (χ2n) is 4.14. The van der Waals surface area contributed by atoms with Crippen molar-refractivity contribution in [1.29, 1.82) is 0 Å². The van der Waals surface area contributed by atoms with Crippen LogP contribution < -0.4 is 0 Å². The Balaban J connectivity index is 2.20. The maximum atomic E-state index is 12.1. The van der Waals surface area contributed by atoms with Crippen molar-refractivity contribution in [3.63, 3.8) is 0 Å². The Kier molecular flexibility index (Phi) is 4.19. The van der Waals surface area contributed by atoms with E-state index in [-0.39, 0.29) is 23.9 Å². The van der Waals surface area contributed by atoms with Gasteiger partial charge < -0.3 is 9.32 Å². The van der Waals surface area contributed by atoms with Crippen LogP contribution in [0.1, 0.15) is 16.1 Å². The lowest BCUT2D eigenvalue weighted by molar-refractivity contribution is -0.385. The molecule has 0 aliphatic carbocycles. The summed E-state index contributed by atoms with van der Waals surface area (Å²) in [6.45, 7) is 0.128. The van der Waals surface area contributed by atoms with Crippen LogP contribution in [0.4, 0.5) is 5.69 Å². The minimum Gasteiger partial charge on any atom is -0.458 e. The summed E-state index contributed by atoms with van der Waals surface area (Å²) in [4.78, 5) is 24.0. The van der Waals surface area contributed by atoms with Crippen LogP contribution in [-0.2, 0) is 6.54 Å². The number of halogens is 1. The predicted octanol–water partition coefficient (Wildman–Crippen LogP) is 3.22.